The summed E-state index contributed by atoms with van der Waals surface area (Å²) in [6.45, 7) is 1.86. The van der Waals surface area contributed by atoms with Gasteiger partial charge >= 0.3 is 12.5 Å². The van der Waals surface area contributed by atoms with Crippen LogP contribution in [0.2, 0.25) is 0 Å². The number of nitrogens with one attached hydrogen (secondary N) is 1. The van der Waals surface area contributed by atoms with Crippen LogP contribution < -0.4 is 14.8 Å². The molecule has 0 fully saturated rings. The lowest BCUT2D eigenvalue weighted by atomic mass is 10.2. The summed E-state index contributed by atoms with van der Waals surface area (Å²) >= 11 is 6.31. The molecule has 0 saturated heterocycles. The third kappa shape index (κ3) is 6.47. The first-order valence-corrected chi connectivity index (χ1v) is 9.99. The van der Waals surface area contributed by atoms with Gasteiger partial charge in [0, 0.05) is 8.95 Å². The summed E-state index contributed by atoms with van der Waals surface area (Å²) in [5.74, 6) is -1.76. The second-order valence-electron chi connectivity index (χ2n) is 5.27. The average molecular weight is 572 g/mol. The van der Waals surface area contributed by atoms with Crippen molar-refractivity contribution in [2.24, 2.45) is 0 Å². The van der Waals surface area contributed by atoms with E-state index in [1.807, 2.05) is 0 Å². The number of aromatic nitrogens is 1. The maximum absolute atomic E-state index is 13.2. The normalized spacial score (nSPS) is 12.0. The van der Waals surface area contributed by atoms with Crippen molar-refractivity contribution < 1.29 is 40.6 Å². The van der Waals surface area contributed by atoms with E-state index >= 15 is 0 Å². The fraction of sp³-hybridized carbons (Fsp3) is 0.333. The van der Waals surface area contributed by atoms with Crippen molar-refractivity contribution >= 4 is 54.8 Å². The third-order valence-electron chi connectivity index (χ3n) is 3.00. The number of hydrogen-bond donors (Lipinski definition) is 1. The van der Waals surface area contributed by atoms with Crippen LogP contribution in [0.25, 0.3) is 0 Å². The Labute approximate surface area is 180 Å². The monoisotopic (exact) mass is 570 g/mol. The number of anilines is 1. The number of rotatable bonds is 6. The van der Waals surface area contributed by atoms with E-state index in [1.165, 1.54) is 0 Å². The van der Waals surface area contributed by atoms with Crippen molar-refractivity contribution in [3.05, 3.63) is 31.6 Å². The molecular weight excluding hydrogens is 562 g/mol. The van der Waals surface area contributed by atoms with Gasteiger partial charge in [0.25, 0.3) is 11.1 Å². The van der Waals surface area contributed by atoms with Crippen molar-refractivity contribution in [1.29, 1.82) is 0 Å². The summed E-state index contributed by atoms with van der Waals surface area (Å²) in [5, 5.41) is 1.89. The number of hydrogen-bond acceptors (Lipinski definition) is 5. The van der Waals surface area contributed by atoms with Crippen LogP contribution in [0.1, 0.15) is 28.7 Å². The predicted octanol–water partition coefficient (Wildman–Crippen LogP) is 6.63. The number of carbonyl (C=O) groups is 1. The molecule has 0 aliphatic carbocycles. The molecule has 14 heteroatoms. The number of carbonyl (C=O) groups excluding carboxylic acids is 1. The molecule has 0 saturated carbocycles. The summed E-state index contributed by atoms with van der Waals surface area (Å²) in [5.41, 5.74) is -1.52. The van der Waals surface area contributed by atoms with Crippen LogP contribution in [0, 0.1) is 0 Å². The highest BCUT2D eigenvalue weighted by Crippen LogP contribution is 2.40. The molecule has 0 aliphatic rings. The van der Waals surface area contributed by atoms with Crippen LogP contribution in [0.15, 0.2) is 21.1 Å². The Morgan fingerprint density at radius 1 is 1.17 bits per heavy atom. The Bertz CT molecular complexity index is 878. The standard InChI is InChI=1S/C15H10Br2F6N2O3S/c1-2-3-27-13-25-11(14(18,19)20)10(29-13)12(26)24-9-7(16)4-6(5-8(9)17)28-15(21,22)23/h4-5H,2-3H2,1H3,(H,24,26). The summed E-state index contributed by atoms with van der Waals surface area (Å²) < 4.78 is 85.4. The Balaban J connectivity index is 2.33. The minimum absolute atomic E-state index is 0.0556. The molecular formula is C15H10Br2F6N2O3S. The van der Waals surface area contributed by atoms with Gasteiger partial charge in [-0.3, -0.25) is 4.79 Å². The van der Waals surface area contributed by atoms with Crippen molar-refractivity contribution in [1.82, 2.24) is 4.98 Å². The lowest BCUT2D eigenvalue weighted by molar-refractivity contribution is -0.274. The van der Waals surface area contributed by atoms with Crippen molar-refractivity contribution in [3.63, 3.8) is 0 Å². The number of amides is 1. The quantitative estimate of drug-likeness (QED) is 0.396. The first kappa shape index (κ1) is 23.7. The molecule has 1 N–H and O–H groups in total. The Morgan fingerprint density at radius 3 is 2.24 bits per heavy atom. The second-order valence-corrected chi connectivity index (χ2v) is 7.94. The molecule has 1 heterocycles. The van der Waals surface area contributed by atoms with E-state index in [0.29, 0.717) is 17.8 Å². The highest BCUT2D eigenvalue weighted by Gasteiger charge is 2.40. The van der Waals surface area contributed by atoms with Gasteiger partial charge in [-0.1, -0.05) is 18.3 Å². The van der Waals surface area contributed by atoms with Gasteiger partial charge in [-0.05, 0) is 50.4 Å². The van der Waals surface area contributed by atoms with E-state index in [9.17, 15) is 31.1 Å². The van der Waals surface area contributed by atoms with E-state index in [1.54, 1.807) is 6.92 Å². The van der Waals surface area contributed by atoms with Crippen LogP contribution in [-0.4, -0.2) is 23.9 Å². The summed E-state index contributed by atoms with van der Waals surface area (Å²) in [7, 11) is 0. The molecule has 0 unspecified atom stereocenters. The third-order valence-corrected chi connectivity index (χ3v) is 5.22. The zero-order valence-electron chi connectivity index (χ0n) is 14.2. The number of halogens is 8. The zero-order valence-corrected chi connectivity index (χ0v) is 18.2. The molecule has 2 aromatic rings. The minimum Gasteiger partial charge on any atom is -0.470 e. The summed E-state index contributed by atoms with van der Waals surface area (Å²) in [4.78, 5) is 15.0. The molecule has 0 aliphatic heterocycles. The van der Waals surface area contributed by atoms with E-state index in [4.69, 9.17) is 4.74 Å². The van der Waals surface area contributed by atoms with Gasteiger partial charge in [-0.2, -0.15) is 18.2 Å². The van der Waals surface area contributed by atoms with Gasteiger partial charge in [-0.15, -0.1) is 13.2 Å². The fourth-order valence-corrected chi connectivity index (χ4v) is 4.13. The molecule has 1 aromatic carbocycles. The summed E-state index contributed by atoms with van der Waals surface area (Å²) in [6.07, 6.45) is -9.33. The molecule has 1 aromatic heterocycles. The molecule has 1 amide bonds. The van der Waals surface area contributed by atoms with Gasteiger partial charge in [0.05, 0.1) is 12.3 Å². The van der Waals surface area contributed by atoms with Crippen molar-refractivity contribution in [2.45, 2.75) is 25.9 Å². The van der Waals surface area contributed by atoms with E-state index in [2.05, 4.69) is 46.9 Å². The van der Waals surface area contributed by atoms with Gasteiger partial charge in [0.1, 0.15) is 10.6 Å². The lowest BCUT2D eigenvalue weighted by Gasteiger charge is -2.14. The molecule has 0 bridgehead atoms. The maximum atomic E-state index is 13.2. The average Bonchev–Trinajstić information content (AvgIpc) is 2.99. The second kappa shape index (κ2) is 9.08. The van der Waals surface area contributed by atoms with Crippen LogP contribution in [0.3, 0.4) is 0 Å². The number of thiazole rings is 1. The topological polar surface area (TPSA) is 60.5 Å². The largest absolute Gasteiger partial charge is 0.573 e. The first-order chi connectivity index (χ1) is 13.3. The number of alkyl halides is 6. The van der Waals surface area contributed by atoms with E-state index in [-0.39, 0.29) is 26.4 Å². The number of ether oxygens (including phenoxy) is 2. The molecule has 160 valence electrons. The lowest BCUT2D eigenvalue weighted by Crippen LogP contribution is -2.18. The fourth-order valence-electron chi connectivity index (χ4n) is 1.93. The SMILES string of the molecule is CCCOc1nc(C(F)(F)F)c(C(=O)Nc2c(Br)cc(OC(F)(F)F)cc2Br)s1. The zero-order chi connectivity index (χ0) is 22.0. The minimum atomic E-state index is -4.94. The Morgan fingerprint density at radius 2 is 1.76 bits per heavy atom. The predicted molar refractivity (Wildman–Crippen MR) is 99.4 cm³/mol. The van der Waals surface area contributed by atoms with Crippen molar-refractivity contribution in [2.75, 3.05) is 11.9 Å². The van der Waals surface area contributed by atoms with Gasteiger partial charge in [0.15, 0.2) is 5.69 Å². The van der Waals surface area contributed by atoms with Gasteiger partial charge < -0.3 is 14.8 Å². The molecule has 2 rings (SSSR count). The summed E-state index contributed by atoms with van der Waals surface area (Å²) in [6, 6.07) is 1.81. The number of benzene rings is 1. The molecule has 5 nitrogen and oxygen atoms in total. The molecule has 0 atom stereocenters. The first-order valence-electron chi connectivity index (χ1n) is 7.58. The molecule has 0 radical (unpaired) electrons. The Kier molecular flexibility index (Phi) is 7.43. The van der Waals surface area contributed by atoms with Crippen LogP contribution >= 0.6 is 43.2 Å². The maximum Gasteiger partial charge on any atom is 0.573 e. The smallest absolute Gasteiger partial charge is 0.470 e. The van der Waals surface area contributed by atoms with Gasteiger partial charge in [-0.25, -0.2) is 0 Å². The van der Waals surface area contributed by atoms with E-state index < -0.39 is 34.8 Å². The highest BCUT2D eigenvalue weighted by molar-refractivity contribution is 9.11. The Hall–Kier alpha value is -1.54. The number of nitrogens with zero attached hydrogens (tertiary/aromatic N) is 1. The highest BCUT2D eigenvalue weighted by atomic mass is 79.9. The van der Waals surface area contributed by atoms with Crippen LogP contribution in [0.5, 0.6) is 10.9 Å². The van der Waals surface area contributed by atoms with Gasteiger partial charge in [0.2, 0.25) is 0 Å². The van der Waals surface area contributed by atoms with Crippen molar-refractivity contribution in [3.8, 4) is 10.9 Å². The van der Waals surface area contributed by atoms with Crippen LogP contribution in [-0.2, 0) is 6.18 Å². The molecule has 0 spiro atoms. The van der Waals surface area contributed by atoms with E-state index in [0.717, 1.165) is 12.1 Å². The van der Waals surface area contributed by atoms with Crippen LogP contribution in [0.4, 0.5) is 32.0 Å². The molecule has 29 heavy (non-hydrogen) atoms.